The Kier molecular flexibility index (Phi) is 10.4. The summed E-state index contributed by atoms with van der Waals surface area (Å²) in [6, 6.07) is 0. The van der Waals surface area contributed by atoms with Crippen LogP contribution in [0.15, 0.2) is 0 Å². The maximum Gasteiger partial charge on any atom is 0.0981 e. The minimum atomic E-state index is -0.500. The molecular formula is C20H44O5. The Bertz CT molecular complexity index is 318. The van der Waals surface area contributed by atoms with Gasteiger partial charge < -0.3 is 5.11 Å². The molecule has 5 nitrogen and oxygen atoms in total. The summed E-state index contributed by atoms with van der Waals surface area (Å²) < 4.78 is 0. The summed E-state index contributed by atoms with van der Waals surface area (Å²) >= 11 is 0. The van der Waals surface area contributed by atoms with E-state index >= 15 is 0 Å². The molecule has 0 saturated heterocycles. The zero-order valence-electron chi connectivity index (χ0n) is 19.0. The van der Waals surface area contributed by atoms with Crippen LogP contribution in [0.5, 0.6) is 0 Å². The zero-order chi connectivity index (χ0) is 20.7. The average Bonchev–Trinajstić information content (AvgIpc) is 2.29. The molecule has 0 unspecified atom stereocenters. The number of hydrogen-bond donors (Lipinski definition) is 1. The second-order valence-corrected chi connectivity index (χ2v) is 10.7. The quantitative estimate of drug-likeness (QED) is 0.471. The molecule has 0 rings (SSSR count). The van der Waals surface area contributed by atoms with Crippen molar-refractivity contribution >= 4 is 0 Å². The molecule has 0 aliphatic heterocycles. The van der Waals surface area contributed by atoms with Crippen LogP contribution in [0, 0.1) is 0 Å². The van der Waals surface area contributed by atoms with E-state index in [2.05, 4.69) is 0 Å². The maximum absolute atomic E-state index is 8.52. The fraction of sp³-hybridized carbons (Fsp3) is 1.00. The highest BCUT2D eigenvalue weighted by atomic mass is 17.2. The second-order valence-electron chi connectivity index (χ2n) is 10.7. The Morgan fingerprint density at radius 2 is 0.680 bits per heavy atom. The van der Waals surface area contributed by atoms with E-state index in [1.165, 1.54) is 0 Å². The minimum absolute atomic E-state index is 0.307. The molecule has 0 heterocycles. The van der Waals surface area contributed by atoms with Gasteiger partial charge in [0.2, 0.25) is 0 Å². The number of aliphatic hydroxyl groups is 1. The van der Waals surface area contributed by atoms with Gasteiger partial charge in [-0.15, -0.1) is 0 Å². The van der Waals surface area contributed by atoms with Gasteiger partial charge in [-0.05, 0) is 103 Å². The molecule has 0 aromatic carbocycles. The van der Waals surface area contributed by atoms with E-state index in [1.807, 2.05) is 69.2 Å². The summed E-state index contributed by atoms with van der Waals surface area (Å²) in [6.07, 6.45) is 1.62. The first kappa shape index (κ1) is 27.0. The highest BCUT2D eigenvalue weighted by Gasteiger charge is 2.30. The van der Waals surface area contributed by atoms with Crippen molar-refractivity contribution in [2.24, 2.45) is 0 Å². The molecule has 0 spiro atoms. The summed E-state index contributed by atoms with van der Waals surface area (Å²) in [5.74, 6) is 0. The highest BCUT2D eigenvalue weighted by Crippen LogP contribution is 2.27. The molecule has 1 N–H and O–H groups in total. The lowest BCUT2D eigenvalue weighted by Gasteiger charge is -2.33. The SMILES string of the molecule is CC(C)(C)O.CC(C)(C)OOC(C)(C)CCC(C)(C)OOC(C)(C)C. The van der Waals surface area contributed by atoms with Gasteiger partial charge in [-0.3, -0.25) is 0 Å². The third-order valence-electron chi connectivity index (χ3n) is 2.36. The summed E-state index contributed by atoms with van der Waals surface area (Å²) in [7, 11) is 0. The van der Waals surface area contributed by atoms with Crippen molar-refractivity contribution in [2.75, 3.05) is 0 Å². The van der Waals surface area contributed by atoms with Gasteiger partial charge in [0.1, 0.15) is 0 Å². The van der Waals surface area contributed by atoms with E-state index in [1.54, 1.807) is 20.8 Å². The molecule has 25 heavy (non-hydrogen) atoms. The van der Waals surface area contributed by atoms with Gasteiger partial charge in [0.25, 0.3) is 0 Å². The maximum atomic E-state index is 8.52. The summed E-state index contributed by atoms with van der Waals surface area (Å²) in [5, 5.41) is 8.52. The fourth-order valence-electron chi connectivity index (χ4n) is 1.16. The molecule has 0 atom stereocenters. The summed E-state index contributed by atoms with van der Waals surface area (Å²) in [6.45, 7) is 25.1. The Morgan fingerprint density at radius 1 is 0.480 bits per heavy atom. The van der Waals surface area contributed by atoms with Crippen LogP contribution >= 0.6 is 0 Å². The van der Waals surface area contributed by atoms with Crippen LogP contribution in [0.2, 0.25) is 0 Å². The van der Waals surface area contributed by atoms with Crippen molar-refractivity contribution in [2.45, 2.75) is 131 Å². The van der Waals surface area contributed by atoms with Crippen LogP contribution in [-0.4, -0.2) is 33.1 Å². The molecule has 0 amide bonds. The third kappa shape index (κ3) is 26.1. The Labute approximate surface area is 156 Å². The molecule has 5 heteroatoms. The molecule has 0 aliphatic carbocycles. The van der Waals surface area contributed by atoms with E-state index in [0.29, 0.717) is 0 Å². The van der Waals surface area contributed by atoms with Crippen molar-refractivity contribution in [1.82, 2.24) is 0 Å². The standard InChI is InChI=1S/C16H34O4.C4H10O/c1-13(2,3)17-19-15(7,8)11-12-16(9,10)20-18-14(4,5)6;1-4(2,3)5/h11-12H2,1-10H3;5H,1-3H3. The zero-order valence-corrected chi connectivity index (χ0v) is 19.0. The van der Waals surface area contributed by atoms with Crippen molar-refractivity contribution in [1.29, 1.82) is 0 Å². The molecule has 0 radical (unpaired) electrons. The monoisotopic (exact) mass is 364 g/mol. The smallest absolute Gasteiger partial charge is 0.0981 e. The van der Waals surface area contributed by atoms with Gasteiger partial charge in [0, 0.05) is 0 Å². The van der Waals surface area contributed by atoms with E-state index in [4.69, 9.17) is 24.7 Å². The predicted octanol–water partition coefficient (Wildman–Crippen LogP) is 5.59. The molecule has 0 aliphatic rings. The van der Waals surface area contributed by atoms with Gasteiger partial charge in [-0.25, -0.2) is 19.6 Å². The molecule has 0 fully saturated rings. The molecule has 154 valence electrons. The predicted molar refractivity (Wildman–Crippen MR) is 103 cm³/mol. The number of rotatable bonds is 7. The second kappa shape index (κ2) is 9.65. The van der Waals surface area contributed by atoms with Crippen LogP contribution in [-0.2, 0) is 19.6 Å². The lowest BCUT2D eigenvalue weighted by atomic mass is 9.94. The topological polar surface area (TPSA) is 57.2 Å². The summed E-state index contributed by atoms with van der Waals surface area (Å²) in [5.41, 5.74) is -1.84. The van der Waals surface area contributed by atoms with Gasteiger partial charge >= 0.3 is 0 Å². The first-order chi connectivity index (χ1) is 10.6. The van der Waals surface area contributed by atoms with Crippen LogP contribution in [0.4, 0.5) is 0 Å². The minimum Gasteiger partial charge on any atom is -0.391 e. The summed E-state index contributed by atoms with van der Waals surface area (Å²) in [4.78, 5) is 21.9. The normalized spacial score (nSPS) is 14.2. The van der Waals surface area contributed by atoms with Gasteiger partial charge in [0.15, 0.2) is 0 Å². The Hall–Kier alpha value is -0.200. The number of hydrogen-bond acceptors (Lipinski definition) is 5. The van der Waals surface area contributed by atoms with Crippen LogP contribution in [0.3, 0.4) is 0 Å². The fourth-order valence-corrected chi connectivity index (χ4v) is 1.16. The van der Waals surface area contributed by atoms with Crippen molar-refractivity contribution in [3.05, 3.63) is 0 Å². The van der Waals surface area contributed by atoms with E-state index in [0.717, 1.165) is 12.8 Å². The lowest BCUT2D eigenvalue weighted by molar-refractivity contribution is -0.410. The van der Waals surface area contributed by atoms with E-state index in [-0.39, 0.29) is 22.4 Å². The largest absolute Gasteiger partial charge is 0.391 e. The van der Waals surface area contributed by atoms with Crippen LogP contribution in [0.25, 0.3) is 0 Å². The molecule has 0 bridgehead atoms. The van der Waals surface area contributed by atoms with Crippen LogP contribution in [0.1, 0.15) is 103 Å². The third-order valence-corrected chi connectivity index (χ3v) is 2.36. The van der Waals surface area contributed by atoms with Gasteiger partial charge in [-0.1, -0.05) is 0 Å². The van der Waals surface area contributed by atoms with E-state index in [9.17, 15) is 0 Å². The lowest BCUT2D eigenvalue weighted by Crippen LogP contribution is -2.35. The molecular weight excluding hydrogens is 320 g/mol. The first-order valence-corrected chi connectivity index (χ1v) is 9.08. The van der Waals surface area contributed by atoms with Crippen LogP contribution < -0.4 is 0 Å². The Balaban J connectivity index is 0. The Morgan fingerprint density at radius 3 is 0.840 bits per heavy atom. The average molecular weight is 365 g/mol. The molecule has 0 aromatic rings. The van der Waals surface area contributed by atoms with E-state index < -0.39 is 5.60 Å². The first-order valence-electron chi connectivity index (χ1n) is 9.08. The van der Waals surface area contributed by atoms with Crippen molar-refractivity contribution in [3.63, 3.8) is 0 Å². The highest BCUT2D eigenvalue weighted by molar-refractivity contribution is 4.75. The van der Waals surface area contributed by atoms with Gasteiger partial charge in [0.05, 0.1) is 28.0 Å². The molecule has 0 saturated carbocycles. The molecule has 0 aromatic heterocycles. The van der Waals surface area contributed by atoms with Gasteiger partial charge in [-0.2, -0.15) is 0 Å². The van der Waals surface area contributed by atoms with Crippen molar-refractivity contribution in [3.8, 4) is 0 Å². The van der Waals surface area contributed by atoms with Crippen molar-refractivity contribution < 1.29 is 24.7 Å².